The molecule has 11 heavy (non-hydrogen) atoms. The average Bonchev–Trinajstić information content (AvgIpc) is 2.33. The fourth-order valence-electron chi connectivity index (χ4n) is 0.927. The maximum absolute atomic E-state index is 5.79. The van der Waals surface area contributed by atoms with E-state index in [1.807, 2.05) is 19.9 Å². The molecule has 0 amide bonds. The van der Waals surface area contributed by atoms with Gasteiger partial charge in [-0.15, -0.1) is 0 Å². The third-order valence-corrected chi connectivity index (χ3v) is 1.72. The van der Waals surface area contributed by atoms with Gasteiger partial charge in [-0.25, -0.2) is 0 Å². The summed E-state index contributed by atoms with van der Waals surface area (Å²) in [6, 6.07) is 1.74. The first-order valence-corrected chi connectivity index (χ1v) is 3.58. The lowest BCUT2D eigenvalue weighted by atomic mass is 10.1. The van der Waals surface area contributed by atoms with Crippen LogP contribution in [-0.4, -0.2) is 0 Å². The second-order valence-corrected chi connectivity index (χ2v) is 2.79. The van der Waals surface area contributed by atoms with Crippen molar-refractivity contribution in [3.8, 4) is 0 Å². The van der Waals surface area contributed by atoms with E-state index in [1.165, 1.54) is 0 Å². The van der Waals surface area contributed by atoms with Gasteiger partial charge in [0.15, 0.2) is 0 Å². The number of nitrogens with two attached hydrogens (primary N) is 1. The van der Waals surface area contributed by atoms with E-state index in [1.54, 1.807) is 6.26 Å². The lowest BCUT2D eigenvalue weighted by Crippen LogP contribution is -2.10. The molecule has 0 fully saturated rings. The van der Waals surface area contributed by atoms with E-state index in [9.17, 15) is 0 Å². The van der Waals surface area contributed by atoms with E-state index in [2.05, 4.69) is 6.58 Å². The molecule has 2 heteroatoms. The number of hydrogen-bond acceptors (Lipinski definition) is 2. The van der Waals surface area contributed by atoms with E-state index < -0.39 is 0 Å². The van der Waals surface area contributed by atoms with Crippen molar-refractivity contribution in [2.75, 3.05) is 0 Å². The van der Waals surface area contributed by atoms with Crippen molar-refractivity contribution in [2.24, 2.45) is 5.73 Å². The summed E-state index contributed by atoms with van der Waals surface area (Å²) in [4.78, 5) is 0. The Labute approximate surface area is 66.7 Å². The molecule has 60 valence electrons. The van der Waals surface area contributed by atoms with Crippen LogP contribution in [0.1, 0.15) is 24.3 Å². The second kappa shape index (κ2) is 2.93. The molecular formula is C9H13NO. The van der Waals surface area contributed by atoms with Crippen molar-refractivity contribution >= 4 is 0 Å². The molecule has 1 heterocycles. The largest absolute Gasteiger partial charge is 0.467 e. The molecule has 0 radical (unpaired) electrons. The minimum atomic E-state index is -0.162. The molecule has 1 rings (SSSR count). The molecule has 0 aliphatic heterocycles. The Morgan fingerprint density at radius 1 is 1.73 bits per heavy atom. The normalized spacial score (nSPS) is 13.0. The highest BCUT2D eigenvalue weighted by Crippen LogP contribution is 2.21. The van der Waals surface area contributed by atoms with Crippen LogP contribution in [0.3, 0.4) is 0 Å². The van der Waals surface area contributed by atoms with Crippen LogP contribution >= 0.6 is 0 Å². The van der Waals surface area contributed by atoms with E-state index in [-0.39, 0.29) is 6.04 Å². The standard InChI is InChI=1S/C9H13NO/c1-6(2)8(10)9-7(3)4-5-11-9/h4-5,8H,1,10H2,2-3H3. The van der Waals surface area contributed by atoms with Crippen LogP contribution in [0, 0.1) is 6.92 Å². The van der Waals surface area contributed by atoms with E-state index in [0.29, 0.717) is 0 Å². The third kappa shape index (κ3) is 1.52. The molecule has 0 spiro atoms. The van der Waals surface area contributed by atoms with Crippen LogP contribution in [-0.2, 0) is 0 Å². The Morgan fingerprint density at radius 3 is 2.73 bits per heavy atom. The fraction of sp³-hybridized carbons (Fsp3) is 0.333. The first kappa shape index (κ1) is 8.08. The third-order valence-electron chi connectivity index (χ3n) is 1.72. The Bertz CT molecular complexity index is 262. The first-order chi connectivity index (χ1) is 5.13. The second-order valence-electron chi connectivity index (χ2n) is 2.79. The van der Waals surface area contributed by atoms with Crippen molar-refractivity contribution in [2.45, 2.75) is 19.9 Å². The molecule has 1 atom stereocenters. The van der Waals surface area contributed by atoms with Crippen LogP contribution in [0.15, 0.2) is 28.9 Å². The maximum atomic E-state index is 5.79. The Balaban J connectivity index is 2.92. The SMILES string of the molecule is C=C(C)C(N)c1occc1C. The highest BCUT2D eigenvalue weighted by Gasteiger charge is 2.11. The summed E-state index contributed by atoms with van der Waals surface area (Å²) in [7, 11) is 0. The molecule has 1 aromatic rings. The van der Waals surface area contributed by atoms with Crippen molar-refractivity contribution in [1.82, 2.24) is 0 Å². The van der Waals surface area contributed by atoms with Gasteiger partial charge in [-0.3, -0.25) is 0 Å². The van der Waals surface area contributed by atoms with E-state index in [4.69, 9.17) is 10.2 Å². The summed E-state index contributed by atoms with van der Waals surface area (Å²) in [5.74, 6) is 0.817. The van der Waals surface area contributed by atoms with E-state index in [0.717, 1.165) is 16.9 Å². The number of aryl methyl sites for hydroxylation is 1. The van der Waals surface area contributed by atoms with E-state index >= 15 is 0 Å². The van der Waals surface area contributed by atoms with Gasteiger partial charge in [0.05, 0.1) is 12.3 Å². The Kier molecular flexibility index (Phi) is 2.15. The van der Waals surface area contributed by atoms with Crippen LogP contribution in [0.25, 0.3) is 0 Å². The predicted octanol–water partition coefficient (Wildman–Crippen LogP) is 2.16. The van der Waals surface area contributed by atoms with Gasteiger partial charge in [-0.2, -0.15) is 0 Å². The molecule has 2 N–H and O–H groups in total. The summed E-state index contributed by atoms with van der Waals surface area (Å²) in [6.07, 6.45) is 1.65. The summed E-state index contributed by atoms with van der Waals surface area (Å²) < 4.78 is 5.20. The number of hydrogen-bond donors (Lipinski definition) is 1. The summed E-state index contributed by atoms with van der Waals surface area (Å²) in [5, 5.41) is 0. The van der Waals surface area contributed by atoms with Gasteiger partial charge >= 0.3 is 0 Å². The summed E-state index contributed by atoms with van der Waals surface area (Å²) in [6.45, 7) is 7.64. The molecular weight excluding hydrogens is 138 g/mol. The van der Waals surface area contributed by atoms with Crippen LogP contribution in [0.2, 0.25) is 0 Å². The van der Waals surface area contributed by atoms with Gasteiger partial charge in [0.1, 0.15) is 5.76 Å². The molecule has 2 nitrogen and oxygen atoms in total. The quantitative estimate of drug-likeness (QED) is 0.658. The van der Waals surface area contributed by atoms with Gasteiger partial charge in [0, 0.05) is 0 Å². The Morgan fingerprint density at radius 2 is 2.36 bits per heavy atom. The lowest BCUT2D eigenvalue weighted by molar-refractivity contribution is 0.484. The lowest BCUT2D eigenvalue weighted by Gasteiger charge is -2.08. The van der Waals surface area contributed by atoms with Gasteiger partial charge in [-0.05, 0) is 25.5 Å². The van der Waals surface area contributed by atoms with Crippen LogP contribution in [0.4, 0.5) is 0 Å². The molecule has 0 aliphatic carbocycles. The zero-order valence-corrected chi connectivity index (χ0v) is 6.92. The number of rotatable bonds is 2. The zero-order chi connectivity index (χ0) is 8.43. The maximum Gasteiger partial charge on any atom is 0.127 e. The van der Waals surface area contributed by atoms with Gasteiger partial charge in [-0.1, -0.05) is 12.2 Å². The molecule has 0 bridgehead atoms. The molecule has 1 aromatic heterocycles. The molecule has 0 aliphatic rings. The van der Waals surface area contributed by atoms with Gasteiger partial charge < -0.3 is 10.2 Å². The van der Waals surface area contributed by atoms with Crippen LogP contribution in [0.5, 0.6) is 0 Å². The first-order valence-electron chi connectivity index (χ1n) is 3.58. The highest BCUT2D eigenvalue weighted by molar-refractivity contribution is 5.23. The predicted molar refractivity (Wildman–Crippen MR) is 45.2 cm³/mol. The topological polar surface area (TPSA) is 39.2 Å². The average molecular weight is 151 g/mol. The summed E-state index contributed by atoms with van der Waals surface area (Å²) in [5.41, 5.74) is 7.79. The molecule has 0 saturated carbocycles. The Hall–Kier alpha value is -1.02. The van der Waals surface area contributed by atoms with Gasteiger partial charge in [0.25, 0.3) is 0 Å². The monoisotopic (exact) mass is 151 g/mol. The number of furan rings is 1. The molecule has 1 unspecified atom stereocenters. The van der Waals surface area contributed by atoms with Crippen LogP contribution < -0.4 is 5.73 Å². The van der Waals surface area contributed by atoms with Crippen molar-refractivity contribution in [1.29, 1.82) is 0 Å². The molecule has 0 saturated heterocycles. The van der Waals surface area contributed by atoms with Gasteiger partial charge in [0.2, 0.25) is 0 Å². The smallest absolute Gasteiger partial charge is 0.127 e. The van der Waals surface area contributed by atoms with Crippen molar-refractivity contribution in [3.05, 3.63) is 35.8 Å². The molecule has 0 aromatic carbocycles. The minimum Gasteiger partial charge on any atom is -0.467 e. The minimum absolute atomic E-state index is 0.162. The fourth-order valence-corrected chi connectivity index (χ4v) is 0.927. The summed E-state index contributed by atoms with van der Waals surface area (Å²) >= 11 is 0. The highest BCUT2D eigenvalue weighted by atomic mass is 16.3. The zero-order valence-electron chi connectivity index (χ0n) is 6.92. The van der Waals surface area contributed by atoms with Crippen molar-refractivity contribution in [3.63, 3.8) is 0 Å². The van der Waals surface area contributed by atoms with Crippen molar-refractivity contribution < 1.29 is 4.42 Å².